The summed E-state index contributed by atoms with van der Waals surface area (Å²) in [5, 5.41) is 9.51. The first-order chi connectivity index (χ1) is 14.6. The van der Waals surface area contributed by atoms with Crippen molar-refractivity contribution in [2.45, 2.75) is 57.5 Å². The first-order valence-corrected chi connectivity index (χ1v) is 11.3. The van der Waals surface area contributed by atoms with E-state index in [4.69, 9.17) is 11.6 Å². The van der Waals surface area contributed by atoms with Crippen LogP contribution in [-0.4, -0.2) is 44.6 Å². The minimum Gasteiger partial charge on any atom is -0.332 e. The first kappa shape index (κ1) is 19.5. The van der Waals surface area contributed by atoms with Gasteiger partial charge in [-0.3, -0.25) is 9.59 Å². The number of aryl methyl sites for hydroxylation is 1. The second-order valence-electron chi connectivity index (χ2n) is 8.51. The zero-order valence-electron chi connectivity index (χ0n) is 17.0. The van der Waals surface area contributed by atoms with Gasteiger partial charge in [0.05, 0.1) is 12.0 Å². The van der Waals surface area contributed by atoms with Gasteiger partial charge in [-0.25, -0.2) is 0 Å². The Morgan fingerprint density at radius 1 is 1.10 bits per heavy atom. The monoisotopic (exact) mass is 427 g/mol. The second-order valence-corrected chi connectivity index (χ2v) is 8.95. The highest BCUT2D eigenvalue weighted by Gasteiger charge is 2.42. The fraction of sp³-hybridized carbons (Fsp3) is 0.545. The van der Waals surface area contributed by atoms with Crippen LogP contribution in [0, 0.1) is 5.92 Å². The molecule has 0 radical (unpaired) electrons. The van der Waals surface area contributed by atoms with E-state index in [0.29, 0.717) is 18.1 Å². The Labute approximate surface area is 181 Å². The van der Waals surface area contributed by atoms with Crippen molar-refractivity contribution in [3.05, 3.63) is 40.9 Å². The molecule has 1 aromatic carbocycles. The van der Waals surface area contributed by atoms with Crippen LogP contribution in [0.2, 0.25) is 5.02 Å². The Kier molecular flexibility index (Phi) is 5.23. The van der Waals surface area contributed by atoms with Crippen LogP contribution >= 0.6 is 11.6 Å². The third-order valence-electron chi connectivity index (χ3n) is 6.57. The summed E-state index contributed by atoms with van der Waals surface area (Å²) in [5.41, 5.74) is 0.753. The second kappa shape index (κ2) is 8.02. The smallest absolute Gasteiger partial charge is 0.228 e. The molecule has 3 aliphatic rings. The van der Waals surface area contributed by atoms with E-state index in [1.807, 2.05) is 17.0 Å². The Bertz CT molecular complexity index is 974. The molecule has 7 nitrogen and oxygen atoms in total. The molecule has 2 aromatic rings. The Hall–Kier alpha value is -2.41. The van der Waals surface area contributed by atoms with E-state index in [1.165, 1.54) is 6.42 Å². The van der Waals surface area contributed by atoms with E-state index < -0.39 is 0 Å². The molecular weight excluding hydrogens is 402 g/mol. The molecule has 0 saturated carbocycles. The van der Waals surface area contributed by atoms with Crippen molar-refractivity contribution in [2.75, 3.05) is 18.0 Å². The van der Waals surface area contributed by atoms with Crippen LogP contribution in [0.15, 0.2) is 24.3 Å². The third kappa shape index (κ3) is 3.49. The quantitative estimate of drug-likeness (QED) is 0.752. The summed E-state index contributed by atoms with van der Waals surface area (Å²) in [6.07, 6.45) is 6.55. The van der Waals surface area contributed by atoms with Gasteiger partial charge in [0.2, 0.25) is 11.8 Å². The zero-order valence-corrected chi connectivity index (χ0v) is 17.7. The van der Waals surface area contributed by atoms with Crippen LogP contribution in [0.25, 0.3) is 0 Å². The molecule has 0 aliphatic carbocycles. The predicted octanol–water partition coefficient (Wildman–Crippen LogP) is 3.37. The molecule has 2 fully saturated rings. The fourth-order valence-electron chi connectivity index (χ4n) is 5.05. The van der Waals surface area contributed by atoms with Crippen molar-refractivity contribution in [1.82, 2.24) is 19.7 Å². The van der Waals surface area contributed by atoms with E-state index >= 15 is 0 Å². The minimum absolute atomic E-state index is 0.0253. The molecule has 1 aromatic heterocycles. The van der Waals surface area contributed by atoms with Crippen LogP contribution in [0.3, 0.4) is 0 Å². The van der Waals surface area contributed by atoms with Gasteiger partial charge in [0.15, 0.2) is 5.82 Å². The first-order valence-electron chi connectivity index (χ1n) is 10.9. The highest BCUT2D eigenvalue weighted by molar-refractivity contribution is 6.31. The summed E-state index contributed by atoms with van der Waals surface area (Å²) in [7, 11) is 0. The number of halogens is 1. The van der Waals surface area contributed by atoms with Gasteiger partial charge in [-0.15, -0.1) is 10.2 Å². The standard InChI is InChI=1S/C22H26ClN5O2/c23-16-6-4-7-17(13-16)28-14-15(12-20(28)29)22(30)26-11-5-8-18(26)21-25-24-19-9-2-1-3-10-27(19)21/h4,6-7,13,15,18H,1-3,5,8-12,14H2. The van der Waals surface area contributed by atoms with Crippen LogP contribution in [-0.2, 0) is 22.6 Å². The molecule has 2 saturated heterocycles. The number of carbonyl (C=O) groups excluding carboxylic acids is 2. The molecule has 158 valence electrons. The summed E-state index contributed by atoms with van der Waals surface area (Å²) < 4.78 is 2.24. The molecule has 2 amide bonds. The number of hydrogen-bond acceptors (Lipinski definition) is 4. The highest BCUT2D eigenvalue weighted by atomic mass is 35.5. The molecule has 2 atom stereocenters. The normalized spacial score (nSPS) is 24.2. The number of rotatable bonds is 3. The maximum atomic E-state index is 13.4. The van der Waals surface area contributed by atoms with Crippen molar-refractivity contribution >= 4 is 29.1 Å². The maximum absolute atomic E-state index is 13.4. The summed E-state index contributed by atoms with van der Waals surface area (Å²) in [5.74, 6) is 1.67. The number of amides is 2. The minimum atomic E-state index is -0.330. The number of fused-ring (bicyclic) bond motifs is 1. The lowest BCUT2D eigenvalue weighted by Crippen LogP contribution is -2.38. The van der Waals surface area contributed by atoms with Crippen LogP contribution in [0.1, 0.15) is 56.2 Å². The molecule has 8 heteroatoms. The van der Waals surface area contributed by atoms with Crippen LogP contribution in [0.5, 0.6) is 0 Å². The molecular formula is C22H26ClN5O2. The Morgan fingerprint density at radius 3 is 2.87 bits per heavy atom. The molecule has 30 heavy (non-hydrogen) atoms. The van der Waals surface area contributed by atoms with E-state index in [0.717, 1.165) is 56.0 Å². The number of aromatic nitrogens is 3. The van der Waals surface area contributed by atoms with E-state index in [1.54, 1.807) is 17.0 Å². The average Bonchev–Trinajstić information content (AvgIpc) is 3.42. The third-order valence-corrected chi connectivity index (χ3v) is 6.80. The number of hydrogen-bond donors (Lipinski definition) is 0. The average molecular weight is 428 g/mol. The van der Waals surface area contributed by atoms with E-state index in [-0.39, 0.29) is 30.2 Å². The SMILES string of the molecule is O=C1CC(C(=O)N2CCCC2c2nnc3n2CCCCC3)CN1c1cccc(Cl)c1. The molecule has 2 unspecified atom stereocenters. The van der Waals surface area contributed by atoms with Crippen LogP contribution in [0.4, 0.5) is 5.69 Å². The van der Waals surface area contributed by atoms with Gasteiger partial charge < -0.3 is 14.4 Å². The van der Waals surface area contributed by atoms with Crippen molar-refractivity contribution in [3.63, 3.8) is 0 Å². The Morgan fingerprint density at radius 2 is 2.00 bits per heavy atom. The zero-order chi connectivity index (χ0) is 20.7. The van der Waals surface area contributed by atoms with Gasteiger partial charge in [-0.2, -0.15) is 0 Å². The largest absolute Gasteiger partial charge is 0.332 e. The number of benzene rings is 1. The molecule has 5 rings (SSSR count). The van der Waals surface area contributed by atoms with Gasteiger partial charge in [-0.1, -0.05) is 24.1 Å². The van der Waals surface area contributed by atoms with E-state index in [9.17, 15) is 9.59 Å². The summed E-state index contributed by atoms with van der Waals surface area (Å²) >= 11 is 6.09. The summed E-state index contributed by atoms with van der Waals surface area (Å²) in [6, 6.07) is 7.21. The van der Waals surface area contributed by atoms with Gasteiger partial charge >= 0.3 is 0 Å². The van der Waals surface area contributed by atoms with Crippen molar-refractivity contribution in [2.24, 2.45) is 5.92 Å². The predicted molar refractivity (Wildman–Crippen MR) is 113 cm³/mol. The number of likely N-dealkylation sites (tertiary alicyclic amines) is 1. The molecule has 0 spiro atoms. The van der Waals surface area contributed by atoms with Gasteiger partial charge in [0.1, 0.15) is 5.82 Å². The van der Waals surface area contributed by atoms with Crippen molar-refractivity contribution in [1.29, 1.82) is 0 Å². The highest BCUT2D eigenvalue weighted by Crippen LogP contribution is 2.36. The molecule has 0 N–H and O–H groups in total. The number of nitrogens with zero attached hydrogens (tertiary/aromatic N) is 5. The molecule has 0 bridgehead atoms. The van der Waals surface area contributed by atoms with Gasteiger partial charge in [-0.05, 0) is 43.9 Å². The lowest BCUT2D eigenvalue weighted by molar-refractivity contribution is -0.136. The van der Waals surface area contributed by atoms with Crippen LogP contribution < -0.4 is 4.90 Å². The topological polar surface area (TPSA) is 71.3 Å². The lowest BCUT2D eigenvalue weighted by Gasteiger charge is -2.27. The summed E-state index contributed by atoms with van der Waals surface area (Å²) in [6.45, 7) is 2.05. The van der Waals surface area contributed by atoms with Crippen molar-refractivity contribution < 1.29 is 9.59 Å². The Balaban J connectivity index is 1.35. The van der Waals surface area contributed by atoms with E-state index in [2.05, 4.69) is 14.8 Å². The lowest BCUT2D eigenvalue weighted by atomic mass is 10.1. The van der Waals surface area contributed by atoms with Gasteiger partial charge in [0, 0.05) is 43.2 Å². The maximum Gasteiger partial charge on any atom is 0.228 e. The molecule has 4 heterocycles. The number of anilines is 1. The number of carbonyl (C=O) groups is 2. The van der Waals surface area contributed by atoms with Crippen molar-refractivity contribution in [3.8, 4) is 0 Å². The van der Waals surface area contributed by atoms with Gasteiger partial charge in [0.25, 0.3) is 0 Å². The molecule has 3 aliphatic heterocycles. The summed E-state index contributed by atoms with van der Waals surface area (Å²) in [4.78, 5) is 29.7. The fourth-order valence-corrected chi connectivity index (χ4v) is 5.24.